The van der Waals surface area contributed by atoms with Gasteiger partial charge in [0.15, 0.2) is 0 Å². The van der Waals surface area contributed by atoms with Gasteiger partial charge >= 0.3 is 5.97 Å². The smallest absolute Gasteiger partial charge is 0.311 e. The van der Waals surface area contributed by atoms with Crippen molar-refractivity contribution in [2.45, 2.75) is 57.0 Å². The average molecular weight is 482 g/mol. The van der Waals surface area contributed by atoms with Crippen molar-refractivity contribution in [2.24, 2.45) is 5.92 Å². The van der Waals surface area contributed by atoms with Crippen molar-refractivity contribution in [2.75, 3.05) is 13.2 Å². The number of nitrogens with one attached hydrogen (secondary N) is 1. The summed E-state index contributed by atoms with van der Waals surface area (Å²) < 4.78 is 13.1. The number of carbonyl (C=O) groups is 1. The van der Waals surface area contributed by atoms with Gasteiger partial charge in [0, 0.05) is 28.3 Å². The average Bonchev–Trinajstić information content (AvgIpc) is 3.12. The summed E-state index contributed by atoms with van der Waals surface area (Å²) in [6.45, 7) is 6.82. The van der Waals surface area contributed by atoms with Gasteiger partial charge in [-0.15, -0.1) is 11.3 Å². The number of carboxylic acid groups (broad SMARTS) is 1. The summed E-state index contributed by atoms with van der Waals surface area (Å²) in [6.07, 6.45) is -0.341. The predicted octanol–water partition coefficient (Wildman–Crippen LogP) is 4.51. The summed E-state index contributed by atoms with van der Waals surface area (Å²) in [5.41, 5.74) is 2.98. The lowest BCUT2D eigenvalue weighted by molar-refractivity contribution is -0.139. The number of benzene rings is 2. The molecule has 6 nitrogen and oxygen atoms in total. The van der Waals surface area contributed by atoms with Gasteiger partial charge in [0.05, 0.1) is 18.8 Å². The lowest BCUT2D eigenvalue weighted by Crippen LogP contribution is -2.46. The second-order valence-electron chi connectivity index (χ2n) is 10.1. The lowest BCUT2D eigenvalue weighted by Gasteiger charge is -2.28. The molecule has 1 saturated carbocycles. The molecule has 1 fully saturated rings. The van der Waals surface area contributed by atoms with Crippen molar-refractivity contribution in [1.82, 2.24) is 5.32 Å². The summed E-state index contributed by atoms with van der Waals surface area (Å²) in [6, 6.07) is 14.5. The number of rotatable bonds is 10. The molecule has 1 unspecified atom stereocenters. The molecular formula is C27H31NO5S. The monoisotopic (exact) mass is 481 g/mol. The highest BCUT2D eigenvalue weighted by atomic mass is 32.1. The highest BCUT2D eigenvalue weighted by molar-refractivity contribution is 7.17. The number of aliphatic carboxylic acids is 1. The van der Waals surface area contributed by atoms with E-state index < -0.39 is 18.0 Å². The Hall–Kier alpha value is -2.45. The second-order valence-corrected chi connectivity index (χ2v) is 11.0. The van der Waals surface area contributed by atoms with Crippen molar-refractivity contribution in [3.05, 3.63) is 64.5 Å². The molecule has 0 saturated heterocycles. The Balaban J connectivity index is 1.14. The molecule has 3 N–H and O–H groups in total. The summed E-state index contributed by atoms with van der Waals surface area (Å²) in [7, 11) is 0. The maximum absolute atomic E-state index is 11.4. The second kappa shape index (κ2) is 8.96. The summed E-state index contributed by atoms with van der Waals surface area (Å²) >= 11 is 1.75. The first kappa shape index (κ1) is 23.3. The largest absolute Gasteiger partial charge is 0.489 e. The van der Waals surface area contributed by atoms with E-state index in [4.69, 9.17) is 9.47 Å². The standard InChI is InChI=1S/C27H31NO5S/c1-15(19-5-4-6-20-22(19)23-24(26(30)31)25(23)33-20)32-14-18(29)13-28-27(2,3)12-16-7-8-21-17(11-16)9-10-34-21/h4-11,15,18,23-25,28-29H,12-14H2,1-3H3,(H,30,31)/t15-,18?,23+,24+,25+/m1/s1. The number of β-amino-alcohol motifs (C(OH)–C–C–N with tert-alkyl or cyclic N) is 1. The highest BCUT2D eigenvalue weighted by Crippen LogP contribution is 2.60. The van der Waals surface area contributed by atoms with Crippen LogP contribution < -0.4 is 10.1 Å². The molecule has 1 aliphatic carbocycles. The SMILES string of the molecule is C[C@@H](OCC(O)CNC(C)(C)Cc1ccc2sccc2c1)c1cccc2c1[C@@H]1[C@H](O2)[C@H]1C(=O)O. The van der Waals surface area contributed by atoms with E-state index in [1.165, 1.54) is 15.6 Å². The quantitative estimate of drug-likeness (QED) is 0.395. The first-order valence-corrected chi connectivity index (χ1v) is 12.6. The number of fused-ring (bicyclic) bond motifs is 4. The normalized spacial score (nSPS) is 22.6. The molecule has 2 aliphatic rings. The van der Waals surface area contributed by atoms with Gasteiger partial charge in [0.1, 0.15) is 17.8 Å². The fourth-order valence-corrected chi connectivity index (χ4v) is 5.86. The molecule has 0 spiro atoms. The molecule has 180 valence electrons. The van der Waals surface area contributed by atoms with Gasteiger partial charge in [-0.3, -0.25) is 4.79 Å². The zero-order valence-electron chi connectivity index (χ0n) is 19.7. The third-order valence-corrected chi connectivity index (χ3v) is 7.79. The third-order valence-electron chi connectivity index (χ3n) is 6.89. The Morgan fingerprint density at radius 1 is 1.26 bits per heavy atom. The Morgan fingerprint density at radius 2 is 2.09 bits per heavy atom. The van der Waals surface area contributed by atoms with Crippen molar-refractivity contribution in [1.29, 1.82) is 0 Å². The molecule has 5 rings (SSSR count). The van der Waals surface area contributed by atoms with E-state index in [9.17, 15) is 15.0 Å². The van der Waals surface area contributed by atoms with Crippen LogP contribution in [0.3, 0.4) is 0 Å². The molecule has 0 bridgehead atoms. The number of hydrogen-bond acceptors (Lipinski definition) is 6. The minimum Gasteiger partial charge on any atom is -0.489 e. The Morgan fingerprint density at radius 3 is 2.88 bits per heavy atom. The predicted molar refractivity (Wildman–Crippen MR) is 133 cm³/mol. The minimum absolute atomic E-state index is 0.101. The van der Waals surface area contributed by atoms with Crippen LogP contribution in [0, 0.1) is 5.92 Å². The van der Waals surface area contributed by atoms with Gasteiger partial charge in [0.2, 0.25) is 0 Å². The molecule has 0 amide bonds. The molecule has 7 heteroatoms. The Labute approximate surface area is 203 Å². The van der Waals surface area contributed by atoms with Crippen molar-refractivity contribution < 1.29 is 24.5 Å². The van der Waals surface area contributed by atoms with Gasteiger partial charge in [-0.1, -0.05) is 24.3 Å². The van der Waals surface area contributed by atoms with Crippen LogP contribution in [-0.4, -0.2) is 47.1 Å². The number of thiophene rings is 1. The first-order chi connectivity index (χ1) is 16.2. The third kappa shape index (κ3) is 4.58. The Bertz CT molecular complexity index is 1200. The molecule has 1 aliphatic heterocycles. The van der Waals surface area contributed by atoms with E-state index in [1.807, 2.05) is 25.1 Å². The van der Waals surface area contributed by atoms with E-state index in [2.05, 4.69) is 48.8 Å². The van der Waals surface area contributed by atoms with Crippen molar-refractivity contribution in [3.63, 3.8) is 0 Å². The van der Waals surface area contributed by atoms with Crippen LogP contribution >= 0.6 is 11.3 Å². The van der Waals surface area contributed by atoms with Gasteiger partial charge < -0.3 is 25.0 Å². The van der Waals surface area contributed by atoms with Crippen LogP contribution in [0.1, 0.15) is 49.5 Å². The number of carboxylic acids is 1. The molecule has 2 aromatic carbocycles. The number of hydrogen-bond donors (Lipinski definition) is 3. The van der Waals surface area contributed by atoms with E-state index in [0.717, 1.165) is 23.3 Å². The van der Waals surface area contributed by atoms with Crippen molar-refractivity contribution in [3.8, 4) is 5.75 Å². The zero-order chi connectivity index (χ0) is 24.0. The number of ether oxygens (including phenoxy) is 2. The van der Waals surface area contributed by atoms with E-state index in [0.29, 0.717) is 6.54 Å². The molecule has 34 heavy (non-hydrogen) atoms. The number of aliphatic hydroxyl groups excluding tert-OH is 1. The van der Waals surface area contributed by atoms with Gasteiger partial charge in [-0.05, 0) is 67.3 Å². The fourth-order valence-electron chi connectivity index (χ4n) is 5.09. The van der Waals surface area contributed by atoms with Gasteiger partial charge in [-0.25, -0.2) is 0 Å². The van der Waals surface area contributed by atoms with E-state index in [-0.39, 0.29) is 30.3 Å². The van der Waals surface area contributed by atoms with Gasteiger partial charge in [0.25, 0.3) is 0 Å². The number of aliphatic hydroxyl groups is 1. The van der Waals surface area contributed by atoms with E-state index in [1.54, 1.807) is 11.3 Å². The summed E-state index contributed by atoms with van der Waals surface area (Å²) in [5.74, 6) is -0.637. The maximum atomic E-state index is 11.4. The van der Waals surface area contributed by atoms with Crippen LogP contribution in [0.2, 0.25) is 0 Å². The highest BCUT2D eigenvalue weighted by Gasteiger charge is 2.63. The lowest BCUT2D eigenvalue weighted by atomic mass is 9.94. The van der Waals surface area contributed by atoms with E-state index >= 15 is 0 Å². The zero-order valence-corrected chi connectivity index (χ0v) is 20.5. The van der Waals surface area contributed by atoms with Crippen molar-refractivity contribution >= 4 is 27.4 Å². The van der Waals surface area contributed by atoms with Crippen LogP contribution in [0.15, 0.2) is 47.8 Å². The van der Waals surface area contributed by atoms with Crippen LogP contribution in [0.4, 0.5) is 0 Å². The summed E-state index contributed by atoms with van der Waals surface area (Å²) in [4.78, 5) is 11.4. The molecular weight excluding hydrogens is 450 g/mol. The van der Waals surface area contributed by atoms with Crippen LogP contribution in [0.5, 0.6) is 5.75 Å². The topological polar surface area (TPSA) is 88.0 Å². The van der Waals surface area contributed by atoms with Crippen LogP contribution in [-0.2, 0) is 16.0 Å². The molecule has 5 atom stereocenters. The Kier molecular flexibility index (Phi) is 6.14. The van der Waals surface area contributed by atoms with Gasteiger partial charge in [-0.2, -0.15) is 0 Å². The molecule has 2 heterocycles. The molecule has 3 aromatic rings. The first-order valence-electron chi connectivity index (χ1n) is 11.8. The van der Waals surface area contributed by atoms with Crippen LogP contribution in [0.25, 0.3) is 10.1 Å². The fraction of sp³-hybridized carbons (Fsp3) is 0.444. The molecule has 0 radical (unpaired) electrons. The molecule has 1 aromatic heterocycles. The maximum Gasteiger partial charge on any atom is 0.311 e. The minimum atomic E-state index is -0.816. The summed E-state index contributed by atoms with van der Waals surface area (Å²) in [5, 5.41) is 26.8.